The minimum Gasteiger partial charge on any atom is -0.299 e. The molecule has 1 atom stereocenters. The van der Waals surface area contributed by atoms with Crippen LogP contribution in [0.1, 0.15) is 18.1 Å². The van der Waals surface area contributed by atoms with E-state index in [1.54, 1.807) is 6.92 Å². The van der Waals surface area contributed by atoms with E-state index in [0.717, 1.165) is 10.9 Å². The molecule has 1 rings (SSSR count). The van der Waals surface area contributed by atoms with Gasteiger partial charge >= 0.3 is 0 Å². The third-order valence-electron chi connectivity index (χ3n) is 2.14. The molecule has 0 bridgehead atoms. The van der Waals surface area contributed by atoms with Gasteiger partial charge in [-0.2, -0.15) is 0 Å². The number of rotatable bonds is 3. The Morgan fingerprint density at radius 1 is 1.50 bits per heavy atom. The summed E-state index contributed by atoms with van der Waals surface area (Å²) >= 11 is 6.78. The summed E-state index contributed by atoms with van der Waals surface area (Å²) in [5.41, 5.74) is 2.43. The monoisotopic (exact) mass is 318 g/mol. The molecular formula is C11H12Br2O. The second-order valence-electron chi connectivity index (χ2n) is 3.35. The van der Waals surface area contributed by atoms with Gasteiger partial charge in [0.15, 0.2) is 0 Å². The fourth-order valence-corrected chi connectivity index (χ4v) is 2.05. The molecule has 76 valence electrons. The molecule has 0 aliphatic rings. The molecule has 0 amide bonds. The summed E-state index contributed by atoms with van der Waals surface area (Å²) in [5, 5.41) is 0. The molecule has 0 saturated heterocycles. The Hall–Kier alpha value is -0.150. The molecule has 0 fully saturated rings. The second kappa shape index (κ2) is 5.08. The maximum atomic E-state index is 11.1. The summed E-state index contributed by atoms with van der Waals surface area (Å²) in [6.07, 6.45) is 0.758. The zero-order valence-electron chi connectivity index (χ0n) is 8.18. The maximum Gasteiger partial charge on any atom is 0.143 e. The number of hydrogen-bond acceptors (Lipinski definition) is 1. The van der Waals surface area contributed by atoms with Crippen molar-refractivity contribution < 1.29 is 4.79 Å². The number of alkyl halides is 1. The predicted octanol–water partition coefficient (Wildman–Crippen LogP) is 3.65. The summed E-state index contributed by atoms with van der Waals surface area (Å²) in [6, 6.07) is 6.12. The van der Waals surface area contributed by atoms with Crippen molar-refractivity contribution in [1.29, 1.82) is 0 Å². The SMILES string of the molecule is CC(=O)C(Br)Cc1ccc(Br)cc1C. The first-order valence-corrected chi connectivity index (χ1v) is 6.11. The number of ketones is 1. The maximum absolute atomic E-state index is 11.1. The number of Topliss-reactive ketones (excluding diaryl/α,β-unsaturated/α-hetero) is 1. The van der Waals surface area contributed by atoms with E-state index in [1.807, 2.05) is 6.07 Å². The van der Waals surface area contributed by atoms with E-state index in [9.17, 15) is 4.79 Å². The van der Waals surface area contributed by atoms with Gasteiger partial charge in [-0.3, -0.25) is 4.79 Å². The van der Waals surface area contributed by atoms with Crippen molar-refractivity contribution in [1.82, 2.24) is 0 Å². The Bertz CT molecular complexity index is 347. The van der Waals surface area contributed by atoms with E-state index >= 15 is 0 Å². The van der Waals surface area contributed by atoms with Crippen molar-refractivity contribution in [2.45, 2.75) is 25.1 Å². The first-order chi connectivity index (χ1) is 6.50. The lowest BCUT2D eigenvalue weighted by atomic mass is 10.0. The van der Waals surface area contributed by atoms with E-state index in [-0.39, 0.29) is 10.6 Å². The minimum absolute atomic E-state index is 0.0672. The summed E-state index contributed by atoms with van der Waals surface area (Å²) in [6.45, 7) is 3.66. The fraction of sp³-hybridized carbons (Fsp3) is 0.364. The number of carbonyl (C=O) groups is 1. The lowest BCUT2D eigenvalue weighted by molar-refractivity contribution is -0.116. The molecule has 1 unspecified atom stereocenters. The third-order valence-corrected chi connectivity index (χ3v) is 3.61. The largest absolute Gasteiger partial charge is 0.299 e. The lowest BCUT2D eigenvalue weighted by Crippen LogP contribution is -2.13. The Kier molecular flexibility index (Phi) is 4.32. The van der Waals surface area contributed by atoms with Gasteiger partial charge in [0.1, 0.15) is 5.78 Å². The van der Waals surface area contributed by atoms with Crippen LogP contribution in [-0.4, -0.2) is 10.6 Å². The number of halogens is 2. The summed E-state index contributed by atoms with van der Waals surface area (Å²) in [5.74, 6) is 0.173. The van der Waals surface area contributed by atoms with Crippen LogP contribution in [0, 0.1) is 6.92 Å². The van der Waals surface area contributed by atoms with Gasteiger partial charge in [-0.05, 0) is 43.5 Å². The highest BCUT2D eigenvalue weighted by atomic mass is 79.9. The molecule has 0 N–H and O–H groups in total. The minimum atomic E-state index is -0.0672. The smallest absolute Gasteiger partial charge is 0.143 e. The molecule has 3 heteroatoms. The topological polar surface area (TPSA) is 17.1 Å². The van der Waals surface area contributed by atoms with Gasteiger partial charge in [0.05, 0.1) is 4.83 Å². The zero-order chi connectivity index (χ0) is 10.7. The molecule has 0 radical (unpaired) electrons. The number of benzene rings is 1. The average molecular weight is 320 g/mol. The Morgan fingerprint density at radius 2 is 2.14 bits per heavy atom. The molecule has 0 spiro atoms. The van der Waals surface area contributed by atoms with Crippen LogP contribution >= 0.6 is 31.9 Å². The highest BCUT2D eigenvalue weighted by Crippen LogP contribution is 2.19. The van der Waals surface area contributed by atoms with Crippen LogP contribution in [0.25, 0.3) is 0 Å². The van der Waals surface area contributed by atoms with Crippen molar-refractivity contribution in [3.8, 4) is 0 Å². The molecule has 1 aromatic carbocycles. The summed E-state index contributed by atoms with van der Waals surface area (Å²) in [4.78, 5) is 11.0. The summed E-state index contributed by atoms with van der Waals surface area (Å²) < 4.78 is 1.08. The summed E-state index contributed by atoms with van der Waals surface area (Å²) in [7, 11) is 0. The molecule has 1 nitrogen and oxygen atoms in total. The molecule has 0 saturated carbocycles. The highest BCUT2D eigenvalue weighted by Gasteiger charge is 2.11. The molecule has 0 aliphatic carbocycles. The van der Waals surface area contributed by atoms with Gasteiger partial charge in [-0.1, -0.05) is 37.9 Å². The first kappa shape index (κ1) is 11.9. The molecule has 0 aromatic heterocycles. The normalized spacial score (nSPS) is 12.6. The van der Waals surface area contributed by atoms with Crippen LogP contribution in [0.2, 0.25) is 0 Å². The van der Waals surface area contributed by atoms with Crippen LogP contribution in [0.5, 0.6) is 0 Å². The molecule has 0 aliphatic heterocycles. The van der Waals surface area contributed by atoms with Gasteiger partial charge in [0.25, 0.3) is 0 Å². The van der Waals surface area contributed by atoms with Crippen molar-refractivity contribution in [2.75, 3.05) is 0 Å². The van der Waals surface area contributed by atoms with Crippen LogP contribution in [0.15, 0.2) is 22.7 Å². The lowest BCUT2D eigenvalue weighted by Gasteiger charge is -2.09. The van der Waals surface area contributed by atoms with Gasteiger partial charge < -0.3 is 0 Å². The van der Waals surface area contributed by atoms with Gasteiger partial charge in [0, 0.05) is 4.47 Å². The van der Waals surface area contributed by atoms with Gasteiger partial charge in [-0.25, -0.2) is 0 Å². The van der Waals surface area contributed by atoms with Crippen LogP contribution in [-0.2, 0) is 11.2 Å². The molecule has 1 aromatic rings. The van der Waals surface area contributed by atoms with Crippen molar-refractivity contribution in [3.05, 3.63) is 33.8 Å². The average Bonchev–Trinajstić information content (AvgIpc) is 2.09. The van der Waals surface area contributed by atoms with Crippen molar-refractivity contribution in [2.24, 2.45) is 0 Å². The molecule has 0 heterocycles. The third kappa shape index (κ3) is 3.21. The molecule has 14 heavy (non-hydrogen) atoms. The van der Waals surface area contributed by atoms with Crippen LogP contribution in [0.4, 0.5) is 0 Å². The Labute approximate surface area is 101 Å². The number of carbonyl (C=O) groups excluding carboxylic acids is 1. The Balaban J connectivity index is 2.82. The Morgan fingerprint density at radius 3 is 2.64 bits per heavy atom. The zero-order valence-corrected chi connectivity index (χ0v) is 11.4. The van der Waals surface area contributed by atoms with Crippen molar-refractivity contribution >= 4 is 37.6 Å². The quantitative estimate of drug-likeness (QED) is 0.777. The van der Waals surface area contributed by atoms with Gasteiger partial charge in [-0.15, -0.1) is 0 Å². The van der Waals surface area contributed by atoms with E-state index in [2.05, 4.69) is 50.9 Å². The van der Waals surface area contributed by atoms with Crippen LogP contribution in [0.3, 0.4) is 0 Å². The van der Waals surface area contributed by atoms with E-state index in [1.165, 1.54) is 11.1 Å². The number of hydrogen-bond donors (Lipinski definition) is 0. The van der Waals surface area contributed by atoms with E-state index in [0.29, 0.717) is 0 Å². The predicted molar refractivity (Wildman–Crippen MR) is 66.0 cm³/mol. The number of aryl methyl sites for hydroxylation is 1. The molecular weight excluding hydrogens is 308 g/mol. The van der Waals surface area contributed by atoms with E-state index in [4.69, 9.17) is 0 Å². The van der Waals surface area contributed by atoms with Crippen molar-refractivity contribution in [3.63, 3.8) is 0 Å². The van der Waals surface area contributed by atoms with E-state index < -0.39 is 0 Å². The second-order valence-corrected chi connectivity index (χ2v) is 5.37. The van der Waals surface area contributed by atoms with Crippen LogP contribution < -0.4 is 0 Å². The highest BCUT2D eigenvalue weighted by molar-refractivity contribution is 9.10. The first-order valence-electron chi connectivity index (χ1n) is 4.40. The fourth-order valence-electron chi connectivity index (χ4n) is 1.23. The van der Waals surface area contributed by atoms with Gasteiger partial charge in [0.2, 0.25) is 0 Å². The standard InChI is InChI=1S/C11H12Br2O/c1-7-5-10(12)4-3-9(7)6-11(13)8(2)14/h3-5,11H,6H2,1-2H3.